The van der Waals surface area contributed by atoms with Gasteiger partial charge in [-0.1, -0.05) is 0 Å². The van der Waals surface area contributed by atoms with Gasteiger partial charge in [0.25, 0.3) is 0 Å². The van der Waals surface area contributed by atoms with Crippen molar-refractivity contribution in [3.8, 4) is 16.9 Å². The van der Waals surface area contributed by atoms with Gasteiger partial charge in [-0.05, 0) is 0 Å². The standard InChI is InChI=1S/C14H11O.C5H5.C3H6.2ClH.Zr/c1-15-14-8-4-7-12-11-6-3-2-5-10(11)9-13(12)14;1-2-4-5-3-1;1-3-2;;;/h2-9H,1H3;1-3H,4H2;3H,1H2,2H3;2*1H;/q;;;;;+2/p-2. The monoisotopic (exact) mass is 462 g/mol. The molecule has 1 nitrogen and oxygen atoms in total. The van der Waals surface area contributed by atoms with Gasteiger partial charge in [0.2, 0.25) is 0 Å². The van der Waals surface area contributed by atoms with Crippen molar-refractivity contribution in [3.05, 3.63) is 75.1 Å². The van der Waals surface area contributed by atoms with E-state index < -0.39 is 20.3 Å². The number of hydrogen-bond donors (Lipinski definition) is 0. The molecule has 1 aliphatic heterocycles. The Morgan fingerprint density at radius 1 is 1.00 bits per heavy atom. The molecule has 0 radical (unpaired) electrons. The molecule has 0 saturated carbocycles. The van der Waals surface area contributed by atoms with Gasteiger partial charge in [-0.15, -0.1) is 0 Å². The molecule has 1 heterocycles. The molecule has 2 aliphatic carbocycles. The van der Waals surface area contributed by atoms with E-state index in [-0.39, 0.29) is 24.8 Å². The Morgan fingerprint density at radius 3 is 2.38 bits per heavy atom. The molecule has 2 aromatic carbocycles. The van der Waals surface area contributed by atoms with Crippen LogP contribution in [-0.4, -0.2) is 7.11 Å². The molecule has 0 N–H and O–H groups in total. The molecule has 134 valence electrons. The Kier molecular flexibility index (Phi) is 5.60. The molecule has 1 fully saturated rings. The number of allylic oxidation sites excluding steroid dienone is 4. The normalized spacial score (nSPS) is 24.5. The van der Waals surface area contributed by atoms with Gasteiger partial charge < -0.3 is 24.8 Å². The molecule has 0 spiro atoms. The van der Waals surface area contributed by atoms with Crippen LogP contribution in [0.2, 0.25) is 7.75 Å². The molecule has 0 bridgehead atoms. The fourth-order valence-corrected chi connectivity index (χ4v) is 21.9. The predicted molar refractivity (Wildman–Crippen MR) is 96.3 cm³/mol. The summed E-state index contributed by atoms with van der Waals surface area (Å²) < 4.78 is 10.7. The Hall–Kier alpha value is -0.817. The molecule has 3 unspecified atom stereocenters. The van der Waals surface area contributed by atoms with E-state index in [1.165, 1.54) is 27.2 Å². The molecular weight excluding hydrogens is 442 g/mol. The zero-order chi connectivity index (χ0) is 16.3. The van der Waals surface area contributed by atoms with Crippen molar-refractivity contribution in [2.45, 2.75) is 24.7 Å². The second-order valence-corrected chi connectivity index (χ2v) is 18.9. The van der Waals surface area contributed by atoms with Crippen molar-refractivity contribution < 1.29 is 49.8 Å². The van der Waals surface area contributed by atoms with Crippen molar-refractivity contribution >= 4 is 0 Å². The van der Waals surface area contributed by atoms with Gasteiger partial charge >= 0.3 is 149 Å². The van der Waals surface area contributed by atoms with Crippen LogP contribution in [0.3, 0.4) is 0 Å². The Bertz CT molecular complexity index is 905. The van der Waals surface area contributed by atoms with E-state index in [2.05, 4.69) is 67.6 Å². The van der Waals surface area contributed by atoms with Crippen molar-refractivity contribution in [2.24, 2.45) is 0 Å². The molecule has 2 aromatic rings. The van der Waals surface area contributed by atoms with Crippen molar-refractivity contribution in [1.29, 1.82) is 0 Å². The molecular formula is C22H22Cl2OZr. The number of hydrogen-bond acceptors (Lipinski definition) is 1. The maximum absolute atomic E-state index is 5.84. The third kappa shape index (κ3) is 2.60. The Morgan fingerprint density at radius 2 is 1.73 bits per heavy atom. The maximum Gasteiger partial charge on any atom is -1.00 e. The van der Waals surface area contributed by atoms with Crippen LogP contribution in [0, 0.1) is 0 Å². The van der Waals surface area contributed by atoms with Crippen LogP contribution < -0.4 is 29.6 Å². The second-order valence-electron chi connectivity index (χ2n) is 7.41. The number of fused-ring (bicyclic) bond motifs is 3. The number of methoxy groups -OCH3 is 1. The van der Waals surface area contributed by atoms with Crippen LogP contribution in [-0.2, 0) is 20.3 Å². The van der Waals surface area contributed by atoms with Gasteiger partial charge in [-0.2, -0.15) is 0 Å². The summed E-state index contributed by atoms with van der Waals surface area (Å²) in [5.41, 5.74) is 5.92. The Balaban J connectivity index is 0.000000980. The second kappa shape index (κ2) is 7.30. The zero-order valence-electron chi connectivity index (χ0n) is 15.0. The minimum atomic E-state index is -2.44. The van der Waals surface area contributed by atoms with Gasteiger partial charge in [-0.25, -0.2) is 0 Å². The summed E-state index contributed by atoms with van der Waals surface area (Å²) in [5, 5.41) is 0. The molecule has 3 atom stereocenters. The largest absolute Gasteiger partial charge is 1.00 e. The first-order valence-corrected chi connectivity index (χ1v) is 14.7. The summed E-state index contributed by atoms with van der Waals surface area (Å²) >= 11 is -2.44. The average Bonchev–Trinajstić information content (AvgIpc) is 3.01. The summed E-state index contributed by atoms with van der Waals surface area (Å²) in [5.74, 6) is 1.09. The summed E-state index contributed by atoms with van der Waals surface area (Å²) in [7, 11) is 1.82. The van der Waals surface area contributed by atoms with Gasteiger partial charge in [0, 0.05) is 0 Å². The molecule has 1 saturated heterocycles. The van der Waals surface area contributed by atoms with E-state index in [9.17, 15) is 0 Å². The molecule has 3 aliphatic rings. The minimum Gasteiger partial charge on any atom is -1.00 e. The first kappa shape index (κ1) is 19.9. The molecule has 5 rings (SSSR count). The van der Waals surface area contributed by atoms with E-state index in [0.29, 0.717) is 3.63 Å². The minimum absolute atomic E-state index is 0. The first-order valence-electron chi connectivity index (χ1n) is 8.89. The van der Waals surface area contributed by atoms with Crippen LogP contribution >= 0.6 is 0 Å². The number of rotatable bonds is 3. The predicted octanol–water partition coefficient (Wildman–Crippen LogP) is 0.0110. The van der Waals surface area contributed by atoms with Gasteiger partial charge in [0.05, 0.1) is 0 Å². The van der Waals surface area contributed by atoms with Crippen LogP contribution in [0.4, 0.5) is 0 Å². The van der Waals surface area contributed by atoms with E-state index in [4.69, 9.17) is 4.74 Å². The van der Waals surface area contributed by atoms with E-state index in [1.807, 2.05) is 10.4 Å². The number of ether oxygens (including phenoxy) is 1. The SMILES string of the molecule is COc1cccc2c1[CH]([Zr+2]1([C]3=CC=CC3)[CH2][CH]1C)c1ccccc1-2.[Cl-].[Cl-]. The van der Waals surface area contributed by atoms with Crippen LogP contribution in [0.1, 0.15) is 28.1 Å². The topological polar surface area (TPSA) is 9.23 Å². The Labute approximate surface area is 172 Å². The van der Waals surface area contributed by atoms with Crippen LogP contribution in [0.25, 0.3) is 11.1 Å². The zero-order valence-corrected chi connectivity index (χ0v) is 19.0. The summed E-state index contributed by atoms with van der Waals surface area (Å²) in [4.78, 5) is 0. The van der Waals surface area contributed by atoms with E-state index in [0.717, 1.165) is 9.38 Å². The summed E-state index contributed by atoms with van der Waals surface area (Å²) in [6.45, 7) is 2.51. The fourth-order valence-electron chi connectivity index (χ4n) is 5.21. The number of benzene rings is 2. The molecule has 0 amide bonds. The number of halogens is 2. The molecule has 0 aromatic heterocycles. The first-order chi connectivity index (χ1) is 11.8. The molecule has 4 heteroatoms. The third-order valence-electron chi connectivity index (χ3n) is 6.38. The molecule has 26 heavy (non-hydrogen) atoms. The van der Waals surface area contributed by atoms with Gasteiger partial charge in [0.15, 0.2) is 0 Å². The van der Waals surface area contributed by atoms with E-state index >= 15 is 0 Å². The summed E-state index contributed by atoms with van der Waals surface area (Å²) in [6.07, 6.45) is 8.28. The van der Waals surface area contributed by atoms with Gasteiger partial charge in [-0.3, -0.25) is 0 Å². The fraction of sp³-hybridized carbons (Fsp3) is 0.273. The average molecular weight is 465 g/mol. The van der Waals surface area contributed by atoms with Crippen LogP contribution in [0.5, 0.6) is 5.75 Å². The van der Waals surface area contributed by atoms with Crippen LogP contribution in [0.15, 0.2) is 64.0 Å². The van der Waals surface area contributed by atoms with Gasteiger partial charge in [0.1, 0.15) is 0 Å². The van der Waals surface area contributed by atoms with E-state index in [1.54, 1.807) is 5.56 Å². The quantitative estimate of drug-likeness (QED) is 0.622. The third-order valence-corrected chi connectivity index (χ3v) is 20.9. The van der Waals surface area contributed by atoms with Crippen molar-refractivity contribution in [1.82, 2.24) is 0 Å². The van der Waals surface area contributed by atoms with Crippen molar-refractivity contribution in [3.63, 3.8) is 0 Å². The van der Waals surface area contributed by atoms with Crippen molar-refractivity contribution in [2.75, 3.05) is 7.11 Å². The maximum atomic E-state index is 5.84. The smallest absolute Gasteiger partial charge is 1.00 e. The summed E-state index contributed by atoms with van der Waals surface area (Å²) in [6, 6.07) is 15.7.